The second kappa shape index (κ2) is 7.01. The normalized spacial score (nSPS) is 17.1. The van der Waals surface area contributed by atoms with Crippen LogP contribution < -0.4 is 0 Å². The lowest BCUT2D eigenvalue weighted by molar-refractivity contribution is 0.248. The van der Waals surface area contributed by atoms with Crippen molar-refractivity contribution in [2.75, 3.05) is 10.7 Å². The minimum absolute atomic E-state index is 0.0615. The Bertz CT molecular complexity index is 322. The van der Waals surface area contributed by atoms with Crippen molar-refractivity contribution in [1.82, 2.24) is 8.75 Å². The molecule has 0 bridgehead atoms. The molecule has 1 aromatic heterocycles. The lowest BCUT2D eigenvalue weighted by atomic mass is 9.88. The Morgan fingerprint density at radius 3 is 2.50 bits per heavy atom. The number of rotatable bonds is 6. The molecular formula is C10H15Br2FN2S. The van der Waals surface area contributed by atoms with Crippen molar-refractivity contribution < 1.29 is 4.39 Å². The molecule has 0 aromatic carbocycles. The number of hydrogen-bond donors (Lipinski definition) is 0. The molecule has 0 aliphatic carbocycles. The van der Waals surface area contributed by atoms with Crippen LogP contribution in [0.25, 0.3) is 0 Å². The summed E-state index contributed by atoms with van der Waals surface area (Å²) in [5.41, 5.74) is 1.96. The predicted molar refractivity (Wildman–Crippen MR) is 73.7 cm³/mol. The van der Waals surface area contributed by atoms with Crippen LogP contribution in [0.15, 0.2) is 0 Å². The van der Waals surface area contributed by atoms with E-state index in [1.54, 1.807) is 0 Å². The minimum atomic E-state index is -0.860. The van der Waals surface area contributed by atoms with E-state index in [4.69, 9.17) is 0 Å². The molecule has 2 nitrogen and oxygen atoms in total. The largest absolute Gasteiger partial charge is 0.246 e. The van der Waals surface area contributed by atoms with Crippen molar-refractivity contribution in [3.8, 4) is 0 Å². The van der Waals surface area contributed by atoms with E-state index < -0.39 is 6.17 Å². The first-order valence-corrected chi connectivity index (χ1v) is 8.20. The van der Waals surface area contributed by atoms with Crippen LogP contribution in [0.4, 0.5) is 4.39 Å². The number of aromatic nitrogens is 2. The third-order valence-electron chi connectivity index (χ3n) is 2.78. The first kappa shape index (κ1) is 14.5. The fourth-order valence-corrected chi connectivity index (χ4v) is 3.83. The smallest absolute Gasteiger partial charge is 0.114 e. The summed E-state index contributed by atoms with van der Waals surface area (Å²) >= 11 is 7.80. The van der Waals surface area contributed by atoms with Gasteiger partial charge in [-0.2, -0.15) is 8.75 Å². The van der Waals surface area contributed by atoms with Gasteiger partial charge in [0.25, 0.3) is 0 Å². The molecule has 16 heavy (non-hydrogen) atoms. The molecule has 92 valence electrons. The van der Waals surface area contributed by atoms with Gasteiger partial charge in [-0.15, -0.1) is 0 Å². The van der Waals surface area contributed by atoms with Crippen LogP contribution in [0, 0.1) is 5.92 Å². The second-order valence-corrected chi connectivity index (χ2v) is 5.55. The van der Waals surface area contributed by atoms with E-state index in [0.717, 1.165) is 17.8 Å². The molecule has 0 N–H and O–H groups in total. The Hall–Kier alpha value is 0.450. The van der Waals surface area contributed by atoms with Crippen LogP contribution in [0.5, 0.6) is 0 Å². The molecule has 0 saturated heterocycles. The molecule has 3 unspecified atom stereocenters. The predicted octanol–water partition coefficient (Wildman–Crippen LogP) is 3.95. The summed E-state index contributed by atoms with van der Waals surface area (Å²) in [6.07, 6.45) is -0.00280. The molecule has 3 atom stereocenters. The molecule has 0 saturated carbocycles. The summed E-state index contributed by atoms with van der Waals surface area (Å²) in [5, 5.41) is 1.01. The molecular weight excluding hydrogens is 359 g/mol. The molecule has 0 aliphatic rings. The molecule has 0 spiro atoms. The van der Waals surface area contributed by atoms with Gasteiger partial charge in [0.2, 0.25) is 0 Å². The number of alkyl halides is 3. The van der Waals surface area contributed by atoms with E-state index in [1.807, 2.05) is 13.8 Å². The number of halogens is 3. The molecule has 0 radical (unpaired) electrons. The van der Waals surface area contributed by atoms with Crippen molar-refractivity contribution >= 4 is 43.6 Å². The first-order valence-electron chi connectivity index (χ1n) is 5.22. The minimum Gasteiger partial charge on any atom is -0.246 e. The highest BCUT2D eigenvalue weighted by Crippen LogP contribution is 2.31. The maximum absolute atomic E-state index is 13.8. The molecule has 1 aromatic rings. The van der Waals surface area contributed by atoms with Gasteiger partial charge < -0.3 is 0 Å². The lowest BCUT2D eigenvalue weighted by Crippen LogP contribution is -2.25. The van der Waals surface area contributed by atoms with Crippen molar-refractivity contribution in [2.24, 2.45) is 5.92 Å². The highest BCUT2D eigenvalue weighted by atomic mass is 79.9. The van der Waals surface area contributed by atoms with E-state index in [0.29, 0.717) is 10.7 Å². The van der Waals surface area contributed by atoms with Gasteiger partial charge in [-0.25, -0.2) is 4.39 Å². The fraction of sp³-hybridized carbons (Fsp3) is 0.800. The Balaban J connectivity index is 2.86. The summed E-state index contributed by atoms with van der Waals surface area (Å²) < 4.78 is 22.3. The second-order valence-electron chi connectivity index (χ2n) is 3.73. The molecule has 1 rings (SSSR count). The average Bonchev–Trinajstić information content (AvgIpc) is 2.77. The van der Waals surface area contributed by atoms with Gasteiger partial charge in [0, 0.05) is 22.5 Å². The maximum atomic E-state index is 13.8. The van der Waals surface area contributed by atoms with E-state index in [-0.39, 0.29) is 11.8 Å². The van der Waals surface area contributed by atoms with E-state index in [2.05, 4.69) is 40.6 Å². The van der Waals surface area contributed by atoms with E-state index in [9.17, 15) is 4.39 Å². The standard InChI is InChI=1S/C10H15Br2FN2S/c1-3-9-10(15-16-14-9)6(2)7(4-11)8(13)5-12/h6-8H,3-5H2,1-2H3. The fourth-order valence-electron chi connectivity index (χ4n) is 1.67. The third-order valence-corrected chi connectivity index (χ3v) is 4.73. The van der Waals surface area contributed by atoms with Gasteiger partial charge in [-0.1, -0.05) is 45.7 Å². The molecule has 0 fully saturated rings. The maximum Gasteiger partial charge on any atom is 0.114 e. The SMILES string of the molecule is CCc1nsnc1C(C)C(CBr)C(F)CBr. The van der Waals surface area contributed by atoms with Crippen LogP contribution in [0.3, 0.4) is 0 Å². The van der Waals surface area contributed by atoms with Crippen molar-refractivity contribution in [3.63, 3.8) is 0 Å². The molecule has 6 heteroatoms. The van der Waals surface area contributed by atoms with Crippen molar-refractivity contribution in [1.29, 1.82) is 0 Å². The van der Waals surface area contributed by atoms with Crippen LogP contribution in [-0.4, -0.2) is 25.6 Å². The highest BCUT2D eigenvalue weighted by molar-refractivity contribution is 9.09. The summed E-state index contributed by atoms with van der Waals surface area (Å²) in [6.45, 7) is 4.07. The lowest BCUT2D eigenvalue weighted by Gasteiger charge is -2.23. The Morgan fingerprint density at radius 2 is 2.00 bits per heavy atom. The number of hydrogen-bond acceptors (Lipinski definition) is 3. The summed E-state index contributed by atoms with van der Waals surface area (Å²) in [5.74, 6) is 0.0363. The van der Waals surface area contributed by atoms with Crippen LogP contribution >= 0.6 is 43.6 Å². The number of aryl methyl sites for hydroxylation is 1. The zero-order valence-electron chi connectivity index (χ0n) is 9.29. The first-order chi connectivity index (χ1) is 7.65. The zero-order chi connectivity index (χ0) is 12.1. The summed E-state index contributed by atoms with van der Waals surface area (Å²) in [4.78, 5) is 0. The van der Waals surface area contributed by atoms with E-state index in [1.165, 1.54) is 11.7 Å². The van der Waals surface area contributed by atoms with Crippen LogP contribution in [-0.2, 0) is 6.42 Å². The topological polar surface area (TPSA) is 25.8 Å². The summed E-state index contributed by atoms with van der Waals surface area (Å²) in [6, 6.07) is 0. The Morgan fingerprint density at radius 1 is 1.31 bits per heavy atom. The van der Waals surface area contributed by atoms with Crippen LogP contribution in [0.1, 0.15) is 31.2 Å². The molecule has 0 amide bonds. The Labute approximate surface area is 117 Å². The van der Waals surface area contributed by atoms with Crippen LogP contribution in [0.2, 0.25) is 0 Å². The summed E-state index contributed by atoms with van der Waals surface area (Å²) in [7, 11) is 0. The van der Waals surface area contributed by atoms with E-state index >= 15 is 0 Å². The van der Waals surface area contributed by atoms with Gasteiger partial charge in [0.15, 0.2) is 0 Å². The Kier molecular flexibility index (Phi) is 6.36. The zero-order valence-corrected chi connectivity index (χ0v) is 13.3. The van der Waals surface area contributed by atoms with Crippen molar-refractivity contribution in [2.45, 2.75) is 32.4 Å². The third kappa shape index (κ3) is 3.23. The van der Waals surface area contributed by atoms with Gasteiger partial charge >= 0.3 is 0 Å². The highest BCUT2D eigenvalue weighted by Gasteiger charge is 2.29. The number of nitrogens with zero attached hydrogens (tertiary/aromatic N) is 2. The van der Waals surface area contributed by atoms with Gasteiger partial charge in [-0.3, -0.25) is 0 Å². The molecule has 0 aliphatic heterocycles. The average molecular weight is 374 g/mol. The molecule has 1 heterocycles. The monoisotopic (exact) mass is 372 g/mol. The van der Waals surface area contributed by atoms with Gasteiger partial charge in [0.1, 0.15) is 6.17 Å². The van der Waals surface area contributed by atoms with Gasteiger partial charge in [0.05, 0.1) is 23.1 Å². The van der Waals surface area contributed by atoms with Crippen molar-refractivity contribution in [3.05, 3.63) is 11.4 Å². The van der Waals surface area contributed by atoms with Gasteiger partial charge in [-0.05, 0) is 6.42 Å². The quantitative estimate of drug-likeness (QED) is 0.705.